The lowest BCUT2D eigenvalue weighted by Crippen LogP contribution is -2.26. The van der Waals surface area contributed by atoms with Gasteiger partial charge >= 0.3 is 0 Å². The van der Waals surface area contributed by atoms with E-state index in [-0.39, 0.29) is 18.4 Å². The number of likely N-dealkylation sites (N-methyl/N-ethyl adjacent to an activating group) is 1. The fraction of sp³-hybridized carbons (Fsp3) is 0.333. The summed E-state index contributed by atoms with van der Waals surface area (Å²) in [7, 11) is 1.48. The van der Waals surface area contributed by atoms with Crippen LogP contribution in [0.25, 0.3) is 5.57 Å². The third-order valence-corrected chi connectivity index (χ3v) is 4.43. The second kappa shape index (κ2) is 5.81. The Morgan fingerprint density at radius 3 is 2.45 bits per heavy atom. The Hall–Kier alpha value is -1.59. The molecule has 0 atom stereocenters. The maximum atomic E-state index is 12.3. The second-order valence-electron chi connectivity index (χ2n) is 4.74. The van der Waals surface area contributed by atoms with Crippen LogP contribution in [0, 0.1) is 13.8 Å². The minimum absolute atomic E-state index is 0.0282. The van der Waals surface area contributed by atoms with Crippen LogP contribution in [0.1, 0.15) is 16.7 Å². The third-order valence-electron chi connectivity index (χ3n) is 3.38. The summed E-state index contributed by atoms with van der Waals surface area (Å²) in [6.45, 7) is 3.95. The largest absolute Gasteiger partial charge is 0.396 e. The number of aryl methyl sites for hydroxylation is 2. The Labute approximate surface area is 122 Å². The zero-order valence-electron chi connectivity index (χ0n) is 11.8. The van der Waals surface area contributed by atoms with Gasteiger partial charge in [0, 0.05) is 12.8 Å². The maximum absolute atomic E-state index is 12.3. The van der Waals surface area contributed by atoms with Crippen LogP contribution in [0.15, 0.2) is 23.1 Å². The summed E-state index contributed by atoms with van der Waals surface area (Å²) in [6.07, 6.45) is 0. The summed E-state index contributed by atoms with van der Waals surface area (Å²) in [5.41, 5.74) is 3.43. The van der Waals surface area contributed by atoms with E-state index in [4.69, 9.17) is 5.11 Å². The van der Waals surface area contributed by atoms with Crippen molar-refractivity contribution >= 4 is 29.1 Å². The summed E-state index contributed by atoms with van der Waals surface area (Å²) in [4.78, 5) is 25.9. The van der Waals surface area contributed by atoms with Gasteiger partial charge in [0.05, 0.1) is 17.1 Å². The molecule has 0 unspecified atom stereocenters. The molecule has 1 N–H and O–H groups in total. The molecule has 0 bridgehead atoms. The number of nitrogens with zero attached hydrogens (tertiary/aromatic N) is 1. The fourth-order valence-electron chi connectivity index (χ4n) is 2.05. The van der Waals surface area contributed by atoms with Gasteiger partial charge in [0.1, 0.15) is 0 Å². The molecule has 1 aromatic rings. The molecule has 0 saturated carbocycles. The van der Waals surface area contributed by atoms with Gasteiger partial charge in [0.25, 0.3) is 11.8 Å². The third kappa shape index (κ3) is 2.51. The topological polar surface area (TPSA) is 57.6 Å². The molecule has 5 heteroatoms. The average Bonchev–Trinajstić information content (AvgIpc) is 2.64. The Morgan fingerprint density at radius 2 is 1.85 bits per heavy atom. The molecule has 2 rings (SSSR count). The van der Waals surface area contributed by atoms with Crippen molar-refractivity contribution in [1.82, 2.24) is 4.90 Å². The van der Waals surface area contributed by atoms with Crippen molar-refractivity contribution in [2.45, 2.75) is 13.8 Å². The standard InChI is InChI=1S/C15H17NO3S/c1-9-4-5-11(8-10(9)2)12-13(20-7-6-17)15(19)16(3)14(12)18/h4-5,8,17H,6-7H2,1-3H3. The number of hydrogen-bond donors (Lipinski definition) is 1. The highest BCUT2D eigenvalue weighted by Gasteiger charge is 2.36. The monoisotopic (exact) mass is 291 g/mol. The van der Waals surface area contributed by atoms with Crippen LogP contribution in [0.2, 0.25) is 0 Å². The molecule has 0 saturated heterocycles. The summed E-state index contributed by atoms with van der Waals surface area (Å²) < 4.78 is 0. The zero-order chi connectivity index (χ0) is 14.9. The first-order valence-corrected chi connectivity index (χ1v) is 7.34. The van der Waals surface area contributed by atoms with Crippen molar-refractivity contribution in [3.63, 3.8) is 0 Å². The second-order valence-corrected chi connectivity index (χ2v) is 5.85. The van der Waals surface area contributed by atoms with Gasteiger partial charge in [-0.2, -0.15) is 0 Å². The molecule has 0 spiro atoms. The number of amides is 2. The van der Waals surface area contributed by atoms with Crippen LogP contribution >= 0.6 is 11.8 Å². The molecule has 20 heavy (non-hydrogen) atoms. The van der Waals surface area contributed by atoms with Crippen LogP contribution < -0.4 is 0 Å². The molecule has 1 aliphatic heterocycles. The van der Waals surface area contributed by atoms with Crippen molar-refractivity contribution in [2.24, 2.45) is 0 Å². The molecule has 1 heterocycles. The number of carbonyl (C=O) groups is 2. The van der Waals surface area contributed by atoms with Gasteiger partial charge in [-0.3, -0.25) is 14.5 Å². The van der Waals surface area contributed by atoms with E-state index < -0.39 is 0 Å². The Kier molecular flexibility index (Phi) is 4.30. The summed E-state index contributed by atoms with van der Waals surface area (Å²) in [5.74, 6) is -0.170. The van der Waals surface area contributed by atoms with Crippen molar-refractivity contribution in [2.75, 3.05) is 19.4 Å². The summed E-state index contributed by atoms with van der Waals surface area (Å²) >= 11 is 1.23. The number of hydrogen-bond acceptors (Lipinski definition) is 4. The summed E-state index contributed by atoms with van der Waals surface area (Å²) in [6, 6.07) is 5.73. The fourth-order valence-corrected chi connectivity index (χ4v) is 2.95. The molecule has 0 aromatic heterocycles. The van der Waals surface area contributed by atoms with E-state index in [0.29, 0.717) is 16.2 Å². The molecule has 0 fully saturated rings. The van der Waals surface area contributed by atoms with Crippen LogP contribution in [0.5, 0.6) is 0 Å². The van der Waals surface area contributed by atoms with Gasteiger partial charge in [0.15, 0.2) is 0 Å². The first-order chi connectivity index (χ1) is 9.47. The lowest BCUT2D eigenvalue weighted by atomic mass is 10.0. The van der Waals surface area contributed by atoms with Gasteiger partial charge in [-0.25, -0.2) is 0 Å². The van der Waals surface area contributed by atoms with Gasteiger partial charge in [-0.1, -0.05) is 18.2 Å². The van der Waals surface area contributed by atoms with E-state index in [9.17, 15) is 9.59 Å². The SMILES string of the molecule is Cc1ccc(C2=C(SCCO)C(=O)N(C)C2=O)cc1C. The molecule has 4 nitrogen and oxygen atoms in total. The smallest absolute Gasteiger partial charge is 0.267 e. The van der Waals surface area contributed by atoms with E-state index in [2.05, 4.69) is 0 Å². The van der Waals surface area contributed by atoms with E-state index in [1.807, 2.05) is 32.0 Å². The molecule has 106 valence electrons. The van der Waals surface area contributed by atoms with E-state index in [1.165, 1.54) is 18.8 Å². The first-order valence-electron chi connectivity index (χ1n) is 6.35. The predicted molar refractivity (Wildman–Crippen MR) is 80.2 cm³/mol. The van der Waals surface area contributed by atoms with Gasteiger partial charge < -0.3 is 5.11 Å². The lowest BCUT2D eigenvalue weighted by Gasteiger charge is -2.08. The number of thioether (sulfide) groups is 1. The van der Waals surface area contributed by atoms with Crippen LogP contribution in [-0.2, 0) is 9.59 Å². The molecule has 1 aromatic carbocycles. The number of aliphatic hydroxyl groups excluding tert-OH is 1. The molecule has 0 aliphatic carbocycles. The normalized spacial score (nSPS) is 15.5. The van der Waals surface area contributed by atoms with Gasteiger partial charge in [-0.15, -0.1) is 11.8 Å². The average molecular weight is 291 g/mol. The van der Waals surface area contributed by atoms with Crippen LogP contribution in [0.3, 0.4) is 0 Å². The van der Waals surface area contributed by atoms with E-state index >= 15 is 0 Å². The quantitative estimate of drug-likeness (QED) is 0.859. The highest BCUT2D eigenvalue weighted by Crippen LogP contribution is 2.35. The lowest BCUT2D eigenvalue weighted by molar-refractivity contribution is -0.134. The summed E-state index contributed by atoms with van der Waals surface area (Å²) in [5, 5.41) is 8.93. The molecular weight excluding hydrogens is 274 g/mol. The van der Waals surface area contributed by atoms with E-state index in [0.717, 1.165) is 21.6 Å². The molecule has 2 amide bonds. The number of imide groups is 1. The Morgan fingerprint density at radius 1 is 1.15 bits per heavy atom. The van der Waals surface area contributed by atoms with Crippen molar-refractivity contribution in [1.29, 1.82) is 0 Å². The highest BCUT2D eigenvalue weighted by atomic mass is 32.2. The van der Waals surface area contributed by atoms with Gasteiger partial charge in [-0.05, 0) is 30.5 Å². The first kappa shape index (κ1) is 14.8. The van der Waals surface area contributed by atoms with Crippen molar-refractivity contribution in [3.8, 4) is 0 Å². The minimum Gasteiger partial charge on any atom is -0.396 e. The maximum Gasteiger partial charge on any atom is 0.267 e. The molecule has 0 radical (unpaired) electrons. The zero-order valence-corrected chi connectivity index (χ0v) is 12.6. The number of rotatable bonds is 4. The minimum atomic E-state index is -0.290. The Bertz CT molecular complexity index is 607. The van der Waals surface area contributed by atoms with Crippen LogP contribution in [0.4, 0.5) is 0 Å². The highest BCUT2D eigenvalue weighted by molar-refractivity contribution is 8.04. The van der Waals surface area contributed by atoms with Crippen LogP contribution in [-0.4, -0.2) is 41.2 Å². The molecule has 1 aliphatic rings. The Balaban J connectivity index is 2.52. The number of benzene rings is 1. The van der Waals surface area contributed by atoms with Gasteiger partial charge in [0.2, 0.25) is 0 Å². The predicted octanol–water partition coefficient (Wildman–Crippen LogP) is 1.74. The number of carbonyl (C=O) groups excluding carboxylic acids is 2. The van der Waals surface area contributed by atoms with Crippen molar-refractivity contribution in [3.05, 3.63) is 39.8 Å². The van der Waals surface area contributed by atoms with E-state index in [1.54, 1.807) is 0 Å². The van der Waals surface area contributed by atoms with Crippen molar-refractivity contribution < 1.29 is 14.7 Å². The number of aliphatic hydroxyl groups is 1. The molecular formula is C15H17NO3S.